The van der Waals surface area contributed by atoms with E-state index in [1.165, 1.54) is 29.9 Å². The van der Waals surface area contributed by atoms with Crippen LogP contribution in [0.1, 0.15) is 44.0 Å². The van der Waals surface area contributed by atoms with Crippen molar-refractivity contribution < 1.29 is 4.74 Å². The first-order chi connectivity index (χ1) is 15.7. The summed E-state index contributed by atoms with van der Waals surface area (Å²) in [6.07, 6.45) is 3.43. The molecule has 0 atom stereocenters. The molecule has 3 aromatic rings. The molecule has 0 radical (unpaired) electrons. The monoisotopic (exact) mass is 432 g/mol. The second-order valence-corrected chi connectivity index (χ2v) is 8.92. The summed E-state index contributed by atoms with van der Waals surface area (Å²) in [5, 5.41) is 4.93. The topological polar surface area (TPSA) is 33.5 Å². The molecule has 5 nitrogen and oxygen atoms in total. The Kier molecular flexibility index (Phi) is 7.48. The van der Waals surface area contributed by atoms with Crippen molar-refractivity contribution in [1.82, 2.24) is 14.7 Å². The van der Waals surface area contributed by atoms with E-state index in [0.29, 0.717) is 5.92 Å². The number of unbranched alkanes of at least 4 members (excludes halogenated alkanes) is 1. The predicted molar refractivity (Wildman–Crippen MR) is 132 cm³/mol. The molecule has 0 aliphatic carbocycles. The summed E-state index contributed by atoms with van der Waals surface area (Å²) in [7, 11) is 1.75. The van der Waals surface area contributed by atoms with Gasteiger partial charge in [0.15, 0.2) is 0 Å². The molecule has 1 aliphatic rings. The Bertz CT molecular complexity index is 974. The maximum atomic E-state index is 5.54. The van der Waals surface area contributed by atoms with E-state index in [4.69, 9.17) is 9.84 Å². The van der Waals surface area contributed by atoms with Crippen LogP contribution in [0.5, 0.6) is 5.75 Å². The maximum absolute atomic E-state index is 5.54. The Morgan fingerprint density at radius 1 is 0.906 bits per heavy atom. The Labute approximate surface area is 192 Å². The molecular formula is C27H36N4O. The number of anilines is 1. The average molecular weight is 433 g/mol. The molecule has 0 amide bonds. The second kappa shape index (κ2) is 10.7. The zero-order valence-corrected chi connectivity index (χ0v) is 19.7. The molecule has 1 aliphatic heterocycles. The van der Waals surface area contributed by atoms with Crippen molar-refractivity contribution in [3.8, 4) is 11.4 Å². The number of hydrogen-bond donors (Lipinski definition) is 0. The van der Waals surface area contributed by atoms with Gasteiger partial charge in [0.05, 0.1) is 24.2 Å². The zero-order valence-electron chi connectivity index (χ0n) is 19.7. The van der Waals surface area contributed by atoms with Gasteiger partial charge in [0, 0.05) is 31.9 Å². The summed E-state index contributed by atoms with van der Waals surface area (Å²) in [5.74, 6) is 1.42. The van der Waals surface area contributed by atoms with Crippen LogP contribution in [0.15, 0.2) is 60.7 Å². The molecule has 0 saturated carbocycles. The van der Waals surface area contributed by atoms with E-state index in [0.717, 1.165) is 50.6 Å². The Morgan fingerprint density at radius 3 is 2.34 bits per heavy atom. The molecule has 0 spiro atoms. The number of piperazine rings is 1. The number of methoxy groups -OCH3 is 1. The van der Waals surface area contributed by atoms with E-state index >= 15 is 0 Å². The third-order valence-corrected chi connectivity index (χ3v) is 6.34. The lowest BCUT2D eigenvalue weighted by molar-refractivity contribution is 0.252. The fourth-order valence-electron chi connectivity index (χ4n) is 4.50. The lowest BCUT2D eigenvalue weighted by atomic mass is 10.1. The van der Waals surface area contributed by atoms with E-state index in [1.807, 2.05) is 12.1 Å². The van der Waals surface area contributed by atoms with Crippen molar-refractivity contribution in [2.45, 2.75) is 39.0 Å². The molecule has 2 heterocycles. The van der Waals surface area contributed by atoms with Crippen molar-refractivity contribution in [2.75, 3.05) is 44.7 Å². The van der Waals surface area contributed by atoms with Gasteiger partial charge < -0.3 is 9.64 Å². The van der Waals surface area contributed by atoms with Gasteiger partial charge in [-0.2, -0.15) is 5.10 Å². The molecule has 32 heavy (non-hydrogen) atoms. The van der Waals surface area contributed by atoms with Gasteiger partial charge in [-0.1, -0.05) is 44.2 Å². The van der Waals surface area contributed by atoms with E-state index in [-0.39, 0.29) is 0 Å². The lowest BCUT2D eigenvalue weighted by Gasteiger charge is -2.36. The first-order valence-electron chi connectivity index (χ1n) is 11.9. The largest absolute Gasteiger partial charge is 0.495 e. The summed E-state index contributed by atoms with van der Waals surface area (Å²) in [5.41, 5.74) is 4.86. The molecule has 1 fully saturated rings. The minimum absolute atomic E-state index is 0.455. The van der Waals surface area contributed by atoms with E-state index in [1.54, 1.807) is 7.11 Å². The van der Waals surface area contributed by atoms with Gasteiger partial charge in [-0.3, -0.25) is 4.90 Å². The van der Waals surface area contributed by atoms with Crippen LogP contribution in [0.2, 0.25) is 0 Å². The molecule has 2 aromatic carbocycles. The highest BCUT2D eigenvalue weighted by Crippen LogP contribution is 2.28. The predicted octanol–water partition coefficient (Wildman–Crippen LogP) is 5.15. The smallest absolute Gasteiger partial charge is 0.142 e. The van der Waals surface area contributed by atoms with Crippen LogP contribution in [-0.4, -0.2) is 54.5 Å². The minimum Gasteiger partial charge on any atom is -0.495 e. The molecule has 4 rings (SSSR count). The number of ether oxygens (including phenoxy) is 1. The summed E-state index contributed by atoms with van der Waals surface area (Å²) >= 11 is 0. The summed E-state index contributed by atoms with van der Waals surface area (Å²) < 4.78 is 7.66. The van der Waals surface area contributed by atoms with Gasteiger partial charge in [0.2, 0.25) is 0 Å². The van der Waals surface area contributed by atoms with Crippen molar-refractivity contribution in [1.29, 1.82) is 0 Å². The van der Waals surface area contributed by atoms with Gasteiger partial charge in [0.25, 0.3) is 0 Å². The van der Waals surface area contributed by atoms with Crippen LogP contribution in [0, 0.1) is 0 Å². The normalized spacial score (nSPS) is 14.8. The fourth-order valence-corrected chi connectivity index (χ4v) is 4.50. The van der Waals surface area contributed by atoms with E-state index in [2.05, 4.69) is 76.9 Å². The molecule has 0 N–H and O–H groups in total. The van der Waals surface area contributed by atoms with Gasteiger partial charge >= 0.3 is 0 Å². The molecule has 170 valence electrons. The van der Waals surface area contributed by atoms with Gasteiger partial charge in [-0.15, -0.1) is 0 Å². The molecule has 5 heteroatoms. The van der Waals surface area contributed by atoms with Crippen LogP contribution in [0.4, 0.5) is 5.69 Å². The Morgan fingerprint density at radius 2 is 1.62 bits per heavy atom. The van der Waals surface area contributed by atoms with Crippen LogP contribution in [-0.2, 0) is 6.42 Å². The minimum atomic E-state index is 0.455. The lowest BCUT2D eigenvalue weighted by Crippen LogP contribution is -2.46. The first-order valence-corrected chi connectivity index (χ1v) is 11.9. The van der Waals surface area contributed by atoms with Crippen molar-refractivity contribution in [3.05, 3.63) is 72.1 Å². The van der Waals surface area contributed by atoms with E-state index < -0.39 is 0 Å². The third-order valence-electron chi connectivity index (χ3n) is 6.34. The highest BCUT2D eigenvalue weighted by atomic mass is 16.5. The van der Waals surface area contributed by atoms with Gasteiger partial charge in [-0.05, 0) is 62.1 Å². The number of para-hydroxylation sites is 3. The van der Waals surface area contributed by atoms with Crippen LogP contribution < -0.4 is 9.64 Å². The zero-order chi connectivity index (χ0) is 22.3. The molecular weight excluding hydrogens is 396 g/mol. The van der Waals surface area contributed by atoms with Crippen LogP contribution in [0.25, 0.3) is 5.69 Å². The number of nitrogens with zero attached hydrogens (tertiary/aromatic N) is 4. The summed E-state index contributed by atoms with van der Waals surface area (Å²) in [6, 6.07) is 21.1. The number of aryl methyl sites for hydroxylation is 1. The van der Waals surface area contributed by atoms with E-state index in [9.17, 15) is 0 Å². The number of rotatable bonds is 9. The fraction of sp³-hybridized carbons (Fsp3) is 0.444. The number of benzene rings is 2. The summed E-state index contributed by atoms with van der Waals surface area (Å²) in [4.78, 5) is 5.03. The number of aromatic nitrogens is 2. The standard InChI is InChI=1S/C27H36N4O/c1-22(2)26-21-23(28-31(26)24-12-5-4-6-13-24)11-9-10-16-29-17-19-30(20-18-29)25-14-7-8-15-27(25)32-3/h4-8,12-15,21-22H,9-11,16-20H2,1-3H3. The van der Waals surface area contributed by atoms with Gasteiger partial charge in [-0.25, -0.2) is 4.68 Å². The van der Waals surface area contributed by atoms with Crippen LogP contribution >= 0.6 is 0 Å². The Balaban J connectivity index is 1.25. The molecule has 0 unspecified atom stereocenters. The molecule has 1 saturated heterocycles. The molecule has 0 bridgehead atoms. The summed E-state index contributed by atoms with van der Waals surface area (Å²) in [6.45, 7) is 9.97. The highest BCUT2D eigenvalue weighted by molar-refractivity contribution is 5.58. The average Bonchev–Trinajstić information content (AvgIpc) is 3.27. The van der Waals surface area contributed by atoms with Crippen molar-refractivity contribution >= 4 is 5.69 Å². The quantitative estimate of drug-likeness (QED) is 0.438. The van der Waals surface area contributed by atoms with Crippen LogP contribution in [0.3, 0.4) is 0 Å². The molecule has 1 aromatic heterocycles. The third kappa shape index (κ3) is 5.33. The number of hydrogen-bond acceptors (Lipinski definition) is 4. The van der Waals surface area contributed by atoms with Crippen molar-refractivity contribution in [2.24, 2.45) is 0 Å². The Hall–Kier alpha value is -2.79. The van der Waals surface area contributed by atoms with Gasteiger partial charge in [0.1, 0.15) is 5.75 Å². The maximum Gasteiger partial charge on any atom is 0.142 e. The SMILES string of the molecule is COc1ccccc1N1CCN(CCCCc2cc(C(C)C)n(-c3ccccc3)n2)CC1. The first kappa shape index (κ1) is 22.4. The van der Waals surface area contributed by atoms with Crippen molar-refractivity contribution in [3.63, 3.8) is 0 Å². The second-order valence-electron chi connectivity index (χ2n) is 8.92. The highest BCUT2D eigenvalue weighted by Gasteiger charge is 2.19.